The van der Waals surface area contributed by atoms with Crippen molar-refractivity contribution in [2.75, 3.05) is 38.6 Å². The van der Waals surface area contributed by atoms with Gasteiger partial charge < -0.3 is 15.4 Å². The highest BCUT2D eigenvalue weighted by atomic mass is 127. The Hall–Kier alpha value is -0.0900. The molecule has 8 heteroatoms. The Balaban J connectivity index is 0. The van der Waals surface area contributed by atoms with Crippen molar-refractivity contribution in [1.29, 1.82) is 0 Å². The van der Waals surface area contributed by atoms with E-state index in [1.807, 2.05) is 13.8 Å². The normalized spacial score (nSPS) is 12.7. The highest BCUT2D eigenvalue weighted by Gasteiger charge is 2.28. The lowest BCUT2D eigenvalue weighted by molar-refractivity contribution is 0.146. The number of hydrogen-bond donors (Lipinski definition) is 2. The number of ether oxygens (including phenoxy) is 1. The first kappa shape index (κ1) is 24.2. The number of sulfone groups is 1. The first-order chi connectivity index (χ1) is 9.74. The third-order valence-electron chi connectivity index (χ3n) is 2.86. The van der Waals surface area contributed by atoms with Gasteiger partial charge in [-0.15, -0.1) is 24.0 Å². The summed E-state index contributed by atoms with van der Waals surface area (Å²) in [6.45, 7) is 12.2. The molecule has 0 aliphatic carbocycles. The number of hydrogen-bond acceptors (Lipinski definition) is 4. The van der Waals surface area contributed by atoms with Gasteiger partial charge in [-0.05, 0) is 41.0 Å². The van der Waals surface area contributed by atoms with Crippen LogP contribution in [0, 0.1) is 0 Å². The molecule has 0 aromatic carbocycles. The van der Waals surface area contributed by atoms with E-state index >= 15 is 0 Å². The maximum atomic E-state index is 12.0. The molecule has 0 saturated heterocycles. The Kier molecular flexibility index (Phi) is 13.6. The second kappa shape index (κ2) is 12.3. The van der Waals surface area contributed by atoms with Crippen LogP contribution in [-0.2, 0) is 14.6 Å². The van der Waals surface area contributed by atoms with Gasteiger partial charge in [-0.1, -0.05) is 0 Å². The van der Waals surface area contributed by atoms with Crippen molar-refractivity contribution < 1.29 is 13.2 Å². The predicted molar refractivity (Wildman–Crippen MR) is 104 cm³/mol. The summed E-state index contributed by atoms with van der Waals surface area (Å²) in [6, 6.07) is 0. The van der Waals surface area contributed by atoms with Crippen molar-refractivity contribution in [2.45, 2.75) is 45.8 Å². The lowest BCUT2D eigenvalue weighted by Gasteiger charge is -2.19. The van der Waals surface area contributed by atoms with E-state index in [1.54, 1.807) is 20.8 Å². The topological polar surface area (TPSA) is 79.8 Å². The summed E-state index contributed by atoms with van der Waals surface area (Å²) < 4.78 is 28.5. The van der Waals surface area contributed by atoms with Gasteiger partial charge in [0.2, 0.25) is 0 Å². The largest absolute Gasteiger partial charge is 0.382 e. The summed E-state index contributed by atoms with van der Waals surface area (Å²) in [5.74, 6) is 0.748. The first-order valence-electron chi connectivity index (χ1n) is 7.56. The lowest BCUT2D eigenvalue weighted by Crippen LogP contribution is -2.41. The van der Waals surface area contributed by atoms with Gasteiger partial charge >= 0.3 is 0 Å². The van der Waals surface area contributed by atoms with Gasteiger partial charge in [0.25, 0.3) is 0 Å². The van der Waals surface area contributed by atoms with Gasteiger partial charge in [-0.3, -0.25) is 4.99 Å². The molecule has 0 amide bonds. The Morgan fingerprint density at radius 1 is 1.18 bits per heavy atom. The Morgan fingerprint density at radius 3 is 2.32 bits per heavy atom. The van der Waals surface area contributed by atoms with Crippen LogP contribution in [0.15, 0.2) is 4.99 Å². The number of nitrogens with zero attached hydrogens (tertiary/aromatic N) is 1. The molecule has 0 aromatic heterocycles. The highest BCUT2D eigenvalue weighted by molar-refractivity contribution is 14.0. The van der Waals surface area contributed by atoms with Gasteiger partial charge in [-0.25, -0.2) is 8.42 Å². The van der Waals surface area contributed by atoms with Crippen molar-refractivity contribution >= 4 is 39.8 Å². The van der Waals surface area contributed by atoms with E-state index in [0.717, 1.165) is 13.0 Å². The van der Waals surface area contributed by atoms with Gasteiger partial charge in [0, 0.05) is 32.8 Å². The molecule has 2 N–H and O–H groups in total. The van der Waals surface area contributed by atoms with E-state index in [1.165, 1.54) is 0 Å². The Morgan fingerprint density at radius 2 is 1.82 bits per heavy atom. The molecule has 0 aromatic rings. The molecule has 0 aliphatic heterocycles. The average molecular weight is 449 g/mol. The van der Waals surface area contributed by atoms with Crippen LogP contribution in [0.5, 0.6) is 0 Å². The van der Waals surface area contributed by atoms with E-state index in [4.69, 9.17) is 4.74 Å². The number of guanidine groups is 1. The molecule has 0 bridgehead atoms. The second-order valence-electron chi connectivity index (χ2n) is 5.67. The van der Waals surface area contributed by atoms with Gasteiger partial charge in [0.1, 0.15) is 0 Å². The second-order valence-corrected chi connectivity index (χ2v) is 8.53. The molecule has 0 aliphatic rings. The van der Waals surface area contributed by atoms with E-state index in [9.17, 15) is 8.42 Å². The number of aliphatic imine (C=N–C) groups is 1. The van der Waals surface area contributed by atoms with Crippen LogP contribution in [0.2, 0.25) is 0 Å². The SMILES string of the molecule is CCNC(=NCCCOCC)NCCS(=O)(=O)C(C)(C)C.I. The van der Waals surface area contributed by atoms with Gasteiger partial charge in [0.15, 0.2) is 15.8 Å². The molecule has 0 atom stereocenters. The summed E-state index contributed by atoms with van der Waals surface area (Å²) in [5.41, 5.74) is 0. The summed E-state index contributed by atoms with van der Waals surface area (Å²) >= 11 is 0. The summed E-state index contributed by atoms with van der Waals surface area (Å²) in [4.78, 5) is 4.39. The molecule has 22 heavy (non-hydrogen) atoms. The minimum atomic E-state index is -3.11. The van der Waals surface area contributed by atoms with Gasteiger partial charge in [-0.2, -0.15) is 0 Å². The number of nitrogens with one attached hydrogen (secondary N) is 2. The summed E-state index contributed by atoms with van der Waals surface area (Å²) in [5, 5.41) is 6.16. The zero-order valence-electron chi connectivity index (χ0n) is 14.4. The first-order valence-corrected chi connectivity index (χ1v) is 9.22. The lowest BCUT2D eigenvalue weighted by atomic mass is 10.3. The Labute approximate surface area is 152 Å². The molecule has 0 spiro atoms. The van der Waals surface area contributed by atoms with Crippen LogP contribution < -0.4 is 10.6 Å². The maximum Gasteiger partial charge on any atom is 0.191 e. The van der Waals surface area contributed by atoms with Crippen molar-refractivity contribution in [1.82, 2.24) is 10.6 Å². The third kappa shape index (κ3) is 10.6. The molecule has 0 radical (unpaired) electrons. The molecular weight excluding hydrogens is 417 g/mol. The minimum absolute atomic E-state index is 0. The fourth-order valence-electron chi connectivity index (χ4n) is 1.45. The number of halogens is 1. The smallest absolute Gasteiger partial charge is 0.191 e. The molecule has 0 heterocycles. The zero-order chi connectivity index (χ0) is 16.4. The minimum Gasteiger partial charge on any atom is -0.382 e. The highest BCUT2D eigenvalue weighted by Crippen LogP contribution is 2.15. The van der Waals surface area contributed by atoms with Crippen LogP contribution >= 0.6 is 24.0 Å². The van der Waals surface area contributed by atoms with Gasteiger partial charge in [0.05, 0.1) is 10.5 Å². The molecule has 0 saturated carbocycles. The number of rotatable bonds is 9. The third-order valence-corrected chi connectivity index (χ3v) is 5.47. The van der Waals surface area contributed by atoms with E-state index in [0.29, 0.717) is 32.3 Å². The van der Waals surface area contributed by atoms with E-state index < -0.39 is 14.6 Å². The van der Waals surface area contributed by atoms with Crippen LogP contribution in [0.25, 0.3) is 0 Å². The fraction of sp³-hybridized carbons (Fsp3) is 0.929. The van der Waals surface area contributed by atoms with Crippen molar-refractivity contribution in [3.8, 4) is 0 Å². The predicted octanol–water partition coefficient (Wildman–Crippen LogP) is 1.80. The van der Waals surface area contributed by atoms with E-state index in [2.05, 4.69) is 15.6 Å². The molecule has 0 unspecified atom stereocenters. The molecule has 6 nitrogen and oxygen atoms in total. The molecule has 134 valence electrons. The van der Waals surface area contributed by atoms with Crippen molar-refractivity contribution in [3.63, 3.8) is 0 Å². The summed E-state index contributed by atoms with van der Waals surface area (Å²) in [6.07, 6.45) is 0.852. The molecule has 0 rings (SSSR count). The van der Waals surface area contributed by atoms with E-state index in [-0.39, 0.29) is 29.7 Å². The monoisotopic (exact) mass is 449 g/mol. The van der Waals surface area contributed by atoms with Crippen LogP contribution in [0.1, 0.15) is 41.0 Å². The standard InChI is InChI=1S/C14H31N3O3S.HI/c1-6-15-13(16-9-8-11-20-7-2)17-10-12-21(18,19)14(3,4)5;/h6-12H2,1-5H3,(H2,15,16,17);1H. The van der Waals surface area contributed by atoms with Crippen LogP contribution in [-0.4, -0.2) is 57.7 Å². The maximum absolute atomic E-state index is 12.0. The Bertz CT molecular complexity index is 406. The zero-order valence-corrected chi connectivity index (χ0v) is 17.6. The van der Waals surface area contributed by atoms with Crippen molar-refractivity contribution in [3.05, 3.63) is 0 Å². The van der Waals surface area contributed by atoms with Crippen molar-refractivity contribution in [2.24, 2.45) is 4.99 Å². The van der Waals surface area contributed by atoms with Crippen LogP contribution in [0.4, 0.5) is 0 Å². The fourth-order valence-corrected chi connectivity index (χ4v) is 2.44. The molecular formula is C14H32IN3O3S. The quantitative estimate of drug-likeness (QED) is 0.243. The molecule has 0 fully saturated rings. The average Bonchev–Trinajstić information content (AvgIpc) is 2.37. The van der Waals surface area contributed by atoms with Crippen LogP contribution in [0.3, 0.4) is 0 Å². The summed E-state index contributed by atoms with van der Waals surface area (Å²) in [7, 11) is -3.11.